The fourth-order valence-corrected chi connectivity index (χ4v) is 2.21. The molecule has 1 unspecified atom stereocenters. The normalized spacial score (nSPS) is 12.1. The number of hydrogen-bond donors (Lipinski definition) is 2. The van der Waals surface area contributed by atoms with Crippen molar-refractivity contribution in [3.63, 3.8) is 0 Å². The van der Waals surface area contributed by atoms with Crippen LogP contribution in [0.4, 0.5) is 5.82 Å². The number of carbonyl (C=O) groups is 1. The third-order valence-electron chi connectivity index (χ3n) is 3.13. The van der Waals surface area contributed by atoms with Crippen LogP contribution >= 0.6 is 0 Å². The molecule has 3 N–H and O–H groups in total. The number of nitrogen functional groups attached to an aromatic ring is 1. The number of nitrogens with zero attached hydrogens (tertiary/aromatic N) is 1. The van der Waals surface area contributed by atoms with Crippen molar-refractivity contribution in [1.29, 1.82) is 0 Å². The van der Waals surface area contributed by atoms with Crippen molar-refractivity contribution < 1.29 is 9.21 Å². The molecule has 1 atom stereocenters. The number of nitrogens with two attached hydrogens (primary N) is 1. The van der Waals surface area contributed by atoms with Gasteiger partial charge in [0.25, 0.3) is 5.91 Å². The first-order chi connectivity index (χ1) is 10.1. The van der Waals surface area contributed by atoms with Crippen molar-refractivity contribution in [2.75, 3.05) is 5.73 Å². The third kappa shape index (κ3) is 4.34. The van der Waals surface area contributed by atoms with Crippen molar-refractivity contribution in [2.45, 2.75) is 39.2 Å². The zero-order chi connectivity index (χ0) is 15.2. The van der Waals surface area contributed by atoms with Crippen LogP contribution in [0.3, 0.4) is 0 Å². The summed E-state index contributed by atoms with van der Waals surface area (Å²) in [5.74, 6) is 1.09. The Morgan fingerprint density at radius 2 is 2.29 bits per heavy atom. The summed E-state index contributed by atoms with van der Waals surface area (Å²) in [6.07, 6.45) is 4.06. The molecule has 0 aliphatic heterocycles. The molecule has 5 nitrogen and oxygen atoms in total. The molecule has 2 rings (SSSR count). The highest BCUT2D eigenvalue weighted by molar-refractivity contribution is 5.95. The topological polar surface area (TPSA) is 81.2 Å². The maximum Gasteiger partial charge on any atom is 0.251 e. The summed E-state index contributed by atoms with van der Waals surface area (Å²) < 4.78 is 5.28. The Balaban J connectivity index is 2.02. The molecule has 0 spiro atoms. The van der Waals surface area contributed by atoms with Gasteiger partial charge < -0.3 is 15.5 Å². The minimum Gasteiger partial charge on any atom is -0.469 e. The minimum atomic E-state index is -0.138. The van der Waals surface area contributed by atoms with Crippen LogP contribution in [0.5, 0.6) is 0 Å². The summed E-state index contributed by atoms with van der Waals surface area (Å²) >= 11 is 0. The molecule has 21 heavy (non-hydrogen) atoms. The summed E-state index contributed by atoms with van der Waals surface area (Å²) in [5, 5.41) is 2.95. The Kier molecular flexibility index (Phi) is 4.98. The van der Waals surface area contributed by atoms with E-state index in [1.807, 2.05) is 19.1 Å². The van der Waals surface area contributed by atoms with Gasteiger partial charge in [0.05, 0.1) is 6.26 Å². The third-order valence-corrected chi connectivity index (χ3v) is 3.13. The lowest BCUT2D eigenvalue weighted by molar-refractivity contribution is 0.0939. The van der Waals surface area contributed by atoms with Gasteiger partial charge in [-0.05, 0) is 37.6 Å². The molecule has 2 aromatic heterocycles. The Morgan fingerprint density at radius 1 is 1.48 bits per heavy atom. The summed E-state index contributed by atoms with van der Waals surface area (Å²) in [4.78, 5) is 16.5. The van der Waals surface area contributed by atoms with Gasteiger partial charge in [0.1, 0.15) is 11.6 Å². The number of aryl methyl sites for hydroxylation is 1. The molecule has 0 radical (unpaired) electrons. The number of nitrogens with one attached hydrogen (secondary N) is 1. The Hall–Kier alpha value is -2.30. The quantitative estimate of drug-likeness (QED) is 0.855. The predicted octanol–water partition coefficient (Wildman–Crippen LogP) is 2.57. The minimum absolute atomic E-state index is 0.0207. The van der Waals surface area contributed by atoms with Crippen molar-refractivity contribution in [3.8, 4) is 0 Å². The van der Waals surface area contributed by atoms with Crippen LogP contribution in [0, 0.1) is 0 Å². The van der Waals surface area contributed by atoms with E-state index in [-0.39, 0.29) is 11.9 Å². The first kappa shape index (κ1) is 15.1. The van der Waals surface area contributed by atoms with Crippen LogP contribution in [0.25, 0.3) is 0 Å². The van der Waals surface area contributed by atoms with Crippen molar-refractivity contribution in [1.82, 2.24) is 10.3 Å². The standard InChI is InChI=1S/C16H21N3O2/c1-3-5-13-9-12(10-15(17)19-13)16(20)18-11(2)8-14-6-4-7-21-14/h4,6-7,9-11H,3,5,8H2,1-2H3,(H2,17,19)(H,18,20). The average Bonchev–Trinajstić information content (AvgIpc) is 2.91. The molecule has 0 aliphatic rings. The van der Waals surface area contributed by atoms with Crippen LogP contribution in [0.15, 0.2) is 34.9 Å². The molecule has 0 saturated heterocycles. The molecule has 0 saturated carbocycles. The van der Waals surface area contributed by atoms with Crippen LogP contribution in [-0.4, -0.2) is 16.9 Å². The predicted molar refractivity (Wildman–Crippen MR) is 82.0 cm³/mol. The molecule has 5 heteroatoms. The van der Waals surface area contributed by atoms with Gasteiger partial charge in [0.15, 0.2) is 0 Å². The number of furan rings is 1. The monoisotopic (exact) mass is 287 g/mol. The molecule has 0 bridgehead atoms. The summed E-state index contributed by atoms with van der Waals surface area (Å²) in [5.41, 5.74) is 7.16. The second kappa shape index (κ2) is 6.92. The van der Waals surface area contributed by atoms with Crippen LogP contribution in [-0.2, 0) is 12.8 Å². The van der Waals surface area contributed by atoms with E-state index in [1.165, 1.54) is 0 Å². The number of aromatic nitrogens is 1. The largest absolute Gasteiger partial charge is 0.469 e. The molecule has 0 aromatic carbocycles. The smallest absolute Gasteiger partial charge is 0.251 e. The SMILES string of the molecule is CCCc1cc(C(=O)NC(C)Cc2ccco2)cc(N)n1. The molecular formula is C16H21N3O2. The maximum atomic E-state index is 12.3. The van der Waals surface area contributed by atoms with Gasteiger partial charge in [0.2, 0.25) is 0 Å². The van der Waals surface area contributed by atoms with Gasteiger partial charge >= 0.3 is 0 Å². The summed E-state index contributed by atoms with van der Waals surface area (Å²) in [6, 6.07) is 7.12. The zero-order valence-corrected chi connectivity index (χ0v) is 12.4. The lowest BCUT2D eigenvalue weighted by Gasteiger charge is -2.13. The molecule has 2 aromatic rings. The molecule has 0 fully saturated rings. The number of carbonyl (C=O) groups excluding carboxylic acids is 1. The highest BCUT2D eigenvalue weighted by atomic mass is 16.3. The van der Waals surface area contributed by atoms with Crippen molar-refractivity contribution in [2.24, 2.45) is 0 Å². The Labute approximate surface area is 124 Å². The van der Waals surface area contributed by atoms with E-state index in [4.69, 9.17) is 10.2 Å². The first-order valence-electron chi connectivity index (χ1n) is 7.18. The Bertz CT molecular complexity index is 594. The van der Waals surface area contributed by atoms with Crippen LogP contribution < -0.4 is 11.1 Å². The molecule has 1 amide bonds. The van der Waals surface area contributed by atoms with Crippen LogP contribution in [0.1, 0.15) is 42.1 Å². The molecule has 2 heterocycles. The number of anilines is 1. The van der Waals surface area contributed by atoms with Gasteiger partial charge in [-0.2, -0.15) is 0 Å². The second-order valence-electron chi connectivity index (χ2n) is 5.18. The van der Waals surface area contributed by atoms with Crippen molar-refractivity contribution in [3.05, 3.63) is 47.5 Å². The van der Waals surface area contributed by atoms with Crippen molar-refractivity contribution >= 4 is 11.7 Å². The highest BCUT2D eigenvalue weighted by Crippen LogP contribution is 2.11. The average molecular weight is 287 g/mol. The molecule has 0 aliphatic carbocycles. The fraction of sp³-hybridized carbons (Fsp3) is 0.375. The van der Waals surface area contributed by atoms with E-state index in [9.17, 15) is 4.79 Å². The number of hydrogen-bond acceptors (Lipinski definition) is 4. The molecular weight excluding hydrogens is 266 g/mol. The molecule has 112 valence electrons. The zero-order valence-electron chi connectivity index (χ0n) is 12.4. The lowest BCUT2D eigenvalue weighted by Crippen LogP contribution is -2.34. The van der Waals surface area contributed by atoms with E-state index in [2.05, 4.69) is 17.2 Å². The van der Waals surface area contributed by atoms with Gasteiger partial charge in [-0.3, -0.25) is 4.79 Å². The fourth-order valence-electron chi connectivity index (χ4n) is 2.21. The maximum absolute atomic E-state index is 12.3. The van der Waals surface area contributed by atoms with Gasteiger partial charge in [-0.1, -0.05) is 13.3 Å². The van der Waals surface area contributed by atoms with Crippen LogP contribution in [0.2, 0.25) is 0 Å². The summed E-state index contributed by atoms with van der Waals surface area (Å²) in [6.45, 7) is 4.01. The summed E-state index contributed by atoms with van der Waals surface area (Å²) in [7, 11) is 0. The van der Waals surface area contributed by atoms with Gasteiger partial charge in [0, 0.05) is 23.7 Å². The van der Waals surface area contributed by atoms with E-state index < -0.39 is 0 Å². The number of amides is 1. The van der Waals surface area contributed by atoms with E-state index >= 15 is 0 Å². The highest BCUT2D eigenvalue weighted by Gasteiger charge is 2.13. The lowest BCUT2D eigenvalue weighted by atomic mass is 10.1. The number of rotatable bonds is 6. The first-order valence-corrected chi connectivity index (χ1v) is 7.18. The van der Waals surface area contributed by atoms with E-state index in [0.29, 0.717) is 17.8 Å². The van der Waals surface area contributed by atoms with Gasteiger partial charge in [-0.15, -0.1) is 0 Å². The van der Waals surface area contributed by atoms with Gasteiger partial charge in [-0.25, -0.2) is 4.98 Å². The van der Waals surface area contributed by atoms with E-state index in [1.54, 1.807) is 18.4 Å². The number of pyridine rings is 1. The second-order valence-corrected chi connectivity index (χ2v) is 5.18. The van der Waals surface area contributed by atoms with E-state index in [0.717, 1.165) is 24.3 Å². The Morgan fingerprint density at radius 3 is 2.95 bits per heavy atom.